The molecule has 0 spiro atoms. The Morgan fingerprint density at radius 1 is 1.00 bits per heavy atom. The lowest BCUT2D eigenvalue weighted by molar-refractivity contribution is 0.187. The number of methoxy groups -OCH3 is 4. The molecule has 3 aromatic rings. The van der Waals surface area contributed by atoms with Crippen molar-refractivity contribution in [2.24, 2.45) is 0 Å². The molecule has 1 atom stereocenters. The molecule has 4 rings (SSSR count). The van der Waals surface area contributed by atoms with Crippen LogP contribution in [-0.2, 0) is 6.67 Å². The molecule has 0 amide bonds. The highest BCUT2D eigenvalue weighted by atomic mass is 32.1. The Bertz CT molecular complexity index is 1100. The largest absolute Gasteiger partial charge is 0.497 e. The van der Waals surface area contributed by atoms with Gasteiger partial charge >= 0.3 is 0 Å². The number of aromatic nitrogens is 2. The second-order valence-electron chi connectivity index (χ2n) is 7.47. The molecule has 0 bridgehead atoms. The fourth-order valence-corrected chi connectivity index (χ4v) is 4.27. The van der Waals surface area contributed by atoms with Gasteiger partial charge in [-0.3, -0.25) is 4.90 Å². The highest BCUT2D eigenvalue weighted by molar-refractivity contribution is 7.71. The first-order chi connectivity index (χ1) is 15.6. The SMILES string of the molecule is COc1ccc([C@H]2CCCN2Cn2nc(-c3cc(OC)c(OC)c(OC)c3)oc2=S)cc1. The van der Waals surface area contributed by atoms with Gasteiger partial charge in [-0.1, -0.05) is 12.1 Å². The predicted octanol–water partition coefficient (Wildman–Crippen LogP) is 4.70. The second kappa shape index (κ2) is 9.62. The quantitative estimate of drug-likeness (QED) is 0.451. The molecule has 1 aliphatic rings. The standard InChI is InChI=1S/C23H27N3O5S/c1-27-17-9-7-15(8-10-17)18-6-5-11-25(18)14-26-23(32)31-22(24-26)16-12-19(28-2)21(30-4)20(13-16)29-3/h7-10,12-13,18H,5-6,11,14H2,1-4H3/t18-/m1/s1. The fourth-order valence-electron chi connectivity index (χ4n) is 4.09. The third kappa shape index (κ3) is 4.31. The predicted molar refractivity (Wildman–Crippen MR) is 122 cm³/mol. The van der Waals surface area contributed by atoms with Gasteiger partial charge < -0.3 is 23.4 Å². The van der Waals surface area contributed by atoms with Crippen molar-refractivity contribution < 1.29 is 23.4 Å². The van der Waals surface area contributed by atoms with E-state index in [1.807, 2.05) is 12.1 Å². The van der Waals surface area contributed by atoms with E-state index in [9.17, 15) is 0 Å². The van der Waals surface area contributed by atoms with Crippen LogP contribution in [0, 0.1) is 4.84 Å². The van der Waals surface area contributed by atoms with Crippen LogP contribution in [0.5, 0.6) is 23.0 Å². The summed E-state index contributed by atoms with van der Waals surface area (Å²) in [5.74, 6) is 2.81. The van der Waals surface area contributed by atoms with Gasteiger partial charge in [0, 0.05) is 18.2 Å². The first kappa shape index (κ1) is 22.2. The third-order valence-electron chi connectivity index (χ3n) is 5.70. The maximum atomic E-state index is 5.83. The molecule has 1 aliphatic heterocycles. The molecule has 2 heterocycles. The van der Waals surface area contributed by atoms with Crippen LogP contribution in [0.4, 0.5) is 0 Å². The molecule has 170 valence electrons. The molecule has 0 unspecified atom stereocenters. The zero-order valence-corrected chi connectivity index (χ0v) is 19.5. The molecule has 8 nitrogen and oxygen atoms in total. The third-order valence-corrected chi connectivity index (χ3v) is 5.99. The Kier molecular flexibility index (Phi) is 6.66. The Balaban J connectivity index is 1.59. The number of likely N-dealkylation sites (tertiary alicyclic amines) is 1. The van der Waals surface area contributed by atoms with Crippen molar-refractivity contribution in [1.29, 1.82) is 0 Å². The van der Waals surface area contributed by atoms with Crippen LogP contribution in [0.3, 0.4) is 0 Å². The maximum Gasteiger partial charge on any atom is 0.288 e. The van der Waals surface area contributed by atoms with Gasteiger partial charge in [0.2, 0.25) is 11.6 Å². The van der Waals surface area contributed by atoms with Crippen molar-refractivity contribution in [3.05, 3.63) is 46.8 Å². The van der Waals surface area contributed by atoms with Gasteiger partial charge in [0.05, 0.1) is 35.1 Å². The van der Waals surface area contributed by atoms with Crippen molar-refractivity contribution in [3.8, 4) is 34.5 Å². The minimum Gasteiger partial charge on any atom is -0.497 e. The van der Waals surface area contributed by atoms with Gasteiger partial charge in [-0.05, 0) is 54.9 Å². The molecular formula is C23H27N3O5S. The van der Waals surface area contributed by atoms with Crippen molar-refractivity contribution in [2.75, 3.05) is 35.0 Å². The van der Waals surface area contributed by atoms with E-state index in [1.54, 1.807) is 45.3 Å². The molecule has 1 aromatic heterocycles. The molecule has 0 N–H and O–H groups in total. The van der Waals surface area contributed by atoms with Gasteiger partial charge in [0.25, 0.3) is 4.84 Å². The Morgan fingerprint density at radius 3 is 2.28 bits per heavy atom. The molecule has 0 saturated carbocycles. The van der Waals surface area contributed by atoms with E-state index in [0.717, 1.165) is 25.1 Å². The lowest BCUT2D eigenvalue weighted by atomic mass is 10.0. The lowest BCUT2D eigenvalue weighted by Crippen LogP contribution is -2.26. The maximum absolute atomic E-state index is 5.83. The smallest absolute Gasteiger partial charge is 0.288 e. The van der Waals surface area contributed by atoms with Crippen molar-refractivity contribution in [3.63, 3.8) is 0 Å². The van der Waals surface area contributed by atoms with Gasteiger partial charge in [0.15, 0.2) is 11.5 Å². The Hall–Kier alpha value is -3.04. The number of hydrogen-bond acceptors (Lipinski definition) is 8. The summed E-state index contributed by atoms with van der Waals surface area (Å²) in [5.41, 5.74) is 1.95. The van der Waals surface area contributed by atoms with Crippen LogP contribution >= 0.6 is 12.2 Å². The minimum absolute atomic E-state index is 0.295. The summed E-state index contributed by atoms with van der Waals surface area (Å²) < 4.78 is 29.1. The average molecular weight is 458 g/mol. The van der Waals surface area contributed by atoms with Crippen molar-refractivity contribution in [1.82, 2.24) is 14.7 Å². The number of benzene rings is 2. The first-order valence-corrected chi connectivity index (χ1v) is 10.7. The molecule has 0 radical (unpaired) electrons. The topological polar surface area (TPSA) is 71.1 Å². The highest BCUT2D eigenvalue weighted by Gasteiger charge is 2.27. The van der Waals surface area contributed by atoms with Crippen LogP contribution < -0.4 is 18.9 Å². The number of hydrogen-bond donors (Lipinski definition) is 0. The molecule has 0 aliphatic carbocycles. The summed E-state index contributed by atoms with van der Waals surface area (Å²) in [7, 11) is 6.38. The van der Waals surface area contributed by atoms with Crippen LogP contribution in [-0.4, -0.2) is 49.7 Å². The molecule has 1 saturated heterocycles. The molecular weight excluding hydrogens is 430 g/mol. The van der Waals surface area contributed by atoms with Crippen LogP contribution in [0.25, 0.3) is 11.5 Å². The fraction of sp³-hybridized carbons (Fsp3) is 0.391. The van der Waals surface area contributed by atoms with E-state index in [1.165, 1.54) is 5.56 Å². The first-order valence-electron chi connectivity index (χ1n) is 10.3. The number of ether oxygens (including phenoxy) is 4. The summed E-state index contributed by atoms with van der Waals surface area (Å²) >= 11 is 5.47. The highest BCUT2D eigenvalue weighted by Crippen LogP contribution is 2.41. The molecule has 2 aromatic carbocycles. The van der Waals surface area contributed by atoms with Gasteiger partial charge in [-0.2, -0.15) is 0 Å². The van der Waals surface area contributed by atoms with Crippen molar-refractivity contribution in [2.45, 2.75) is 25.6 Å². The molecule has 9 heteroatoms. The normalized spacial score (nSPS) is 16.2. The van der Waals surface area contributed by atoms with Gasteiger partial charge in [0.1, 0.15) is 5.75 Å². The van der Waals surface area contributed by atoms with Gasteiger partial charge in [-0.25, -0.2) is 4.68 Å². The van der Waals surface area contributed by atoms with E-state index >= 15 is 0 Å². The zero-order valence-electron chi connectivity index (χ0n) is 18.7. The molecule has 32 heavy (non-hydrogen) atoms. The second-order valence-corrected chi connectivity index (χ2v) is 7.82. The number of nitrogens with zero attached hydrogens (tertiary/aromatic N) is 3. The van der Waals surface area contributed by atoms with Gasteiger partial charge in [-0.15, -0.1) is 5.10 Å². The summed E-state index contributed by atoms with van der Waals surface area (Å²) in [6.07, 6.45) is 2.19. The minimum atomic E-state index is 0.295. The summed E-state index contributed by atoms with van der Waals surface area (Å²) in [6.45, 7) is 1.51. The van der Waals surface area contributed by atoms with Crippen LogP contribution in [0.2, 0.25) is 0 Å². The van der Waals surface area contributed by atoms with E-state index < -0.39 is 0 Å². The van der Waals surface area contributed by atoms with E-state index in [0.29, 0.717) is 46.3 Å². The molecule has 1 fully saturated rings. The monoisotopic (exact) mass is 457 g/mol. The lowest BCUT2D eigenvalue weighted by Gasteiger charge is -2.24. The summed E-state index contributed by atoms with van der Waals surface area (Å²) in [6, 6.07) is 12.1. The van der Waals surface area contributed by atoms with E-state index in [2.05, 4.69) is 22.1 Å². The van der Waals surface area contributed by atoms with E-state index in [4.69, 9.17) is 35.6 Å². The number of rotatable bonds is 8. The summed E-state index contributed by atoms with van der Waals surface area (Å²) in [5, 5.41) is 4.64. The zero-order chi connectivity index (χ0) is 22.7. The van der Waals surface area contributed by atoms with Crippen LogP contribution in [0.1, 0.15) is 24.4 Å². The van der Waals surface area contributed by atoms with E-state index in [-0.39, 0.29) is 0 Å². The summed E-state index contributed by atoms with van der Waals surface area (Å²) in [4.78, 5) is 2.67. The van der Waals surface area contributed by atoms with Crippen LogP contribution in [0.15, 0.2) is 40.8 Å². The Labute approximate surface area is 192 Å². The van der Waals surface area contributed by atoms with Crippen molar-refractivity contribution >= 4 is 12.2 Å². The average Bonchev–Trinajstić information content (AvgIpc) is 3.44. The Morgan fingerprint density at radius 2 is 1.69 bits per heavy atom.